The van der Waals surface area contributed by atoms with E-state index in [4.69, 9.17) is 10.5 Å². The number of hydrogen-bond acceptors (Lipinski definition) is 4. The molecule has 0 unspecified atom stereocenters. The number of benzene rings is 2. The van der Waals surface area contributed by atoms with Crippen LogP contribution in [0.25, 0.3) is 0 Å². The summed E-state index contributed by atoms with van der Waals surface area (Å²) in [5.74, 6) is 6.32. The molecule has 2 rings (SSSR count). The monoisotopic (exact) mass is 281 g/mol. The van der Waals surface area contributed by atoms with Gasteiger partial charge in [0.15, 0.2) is 0 Å². The van der Waals surface area contributed by atoms with Crippen molar-refractivity contribution in [3.05, 3.63) is 59.2 Å². The van der Waals surface area contributed by atoms with Crippen LogP contribution >= 0.6 is 0 Å². The zero-order valence-electron chi connectivity index (χ0n) is 11.8. The van der Waals surface area contributed by atoms with E-state index in [1.165, 1.54) is 7.11 Å². The van der Waals surface area contributed by atoms with Crippen LogP contribution < -0.4 is 10.5 Å². The SMILES string of the molecule is COC(=O)c1ccc(N)c(C#Cc2ccc(OC)cc2)c1. The maximum atomic E-state index is 11.5. The van der Waals surface area contributed by atoms with Crippen LogP contribution in [0, 0.1) is 11.8 Å². The zero-order chi connectivity index (χ0) is 15.2. The van der Waals surface area contributed by atoms with Crippen LogP contribution in [-0.2, 0) is 4.74 Å². The molecule has 0 aliphatic rings. The Labute approximate surface area is 123 Å². The molecule has 0 aliphatic carbocycles. The molecule has 2 aromatic carbocycles. The molecule has 0 spiro atoms. The molecule has 0 saturated carbocycles. The third-order valence-corrected chi connectivity index (χ3v) is 2.91. The first-order chi connectivity index (χ1) is 10.1. The van der Waals surface area contributed by atoms with E-state index in [1.54, 1.807) is 25.3 Å². The number of nitrogens with two attached hydrogens (primary N) is 1. The molecule has 0 amide bonds. The minimum Gasteiger partial charge on any atom is -0.497 e. The Morgan fingerprint density at radius 1 is 1.05 bits per heavy atom. The molecule has 21 heavy (non-hydrogen) atoms. The van der Waals surface area contributed by atoms with Gasteiger partial charge in [-0.15, -0.1) is 0 Å². The van der Waals surface area contributed by atoms with Crippen molar-refractivity contribution in [3.8, 4) is 17.6 Å². The van der Waals surface area contributed by atoms with Gasteiger partial charge in [-0.05, 0) is 42.5 Å². The zero-order valence-corrected chi connectivity index (χ0v) is 11.8. The second kappa shape index (κ2) is 6.49. The molecule has 0 aliphatic heterocycles. The van der Waals surface area contributed by atoms with Crippen LogP contribution in [0.2, 0.25) is 0 Å². The van der Waals surface area contributed by atoms with Crippen molar-refractivity contribution >= 4 is 11.7 Å². The number of carbonyl (C=O) groups excluding carboxylic acids is 1. The average molecular weight is 281 g/mol. The van der Waals surface area contributed by atoms with E-state index in [9.17, 15) is 4.79 Å². The van der Waals surface area contributed by atoms with Crippen LogP contribution in [0.1, 0.15) is 21.5 Å². The average Bonchev–Trinajstić information content (AvgIpc) is 2.53. The topological polar surface area (TPSA) is 61.5 Å². The molecule has 0 saturated heterocycles. The number of anilines is 1. The fourth-order valence-corrected chi connectivity index (χ4v) is 1.72. The number of carbonyl (C=O) groups is 1. The van der Waals surface area contributed by atoms with Crippen LogP contribution in [-0.4, -0.2) is 20.2 Å². The summed E-state index contributed by atoms with van der Waals surface area (Å²) in [7, 11) is 2.95. The number of nitrogen functional groups attached to an aromatic ring is 1. The molecule has 0 fully saturated rings. The summed E-state index contributed by atoms with van der Waals surface area (Å²) in [5, 5.41) is 0. The second-order valence-electron chi connectivity index (χ2n) is 4.27. The summed E-state index contributed by atoms with van der Waals surface area (Å²) >= 11 is 0. The number of hydrogen-bond donors (Lipinski definition) is 1. The molecular formula is C17H15NO3. The molecule has 0 atom stereocenters. The normalized spacial score (nSPS) is 9.43. The van der Waals surface area contributed by atoms with Crippen LogP contribution in [0.15, 0.2) is 42.5 Å². The van der Waals surface area contributed by atoms with Gasteiger partial charge in [-0.2, -0.15) is 0 Å². The van der Waals surface area contributed by atoms with Gasteiger partial charge in [0.25, 0.3) is 0 Å². The molecule has 0 aromatic heterocycles. The molecule has 2 N–H and O–H groups in total. The summed E-state index contributed by atoms with van der Waals surface area (Å²) < 4.78 is 9.76. The maximum Gasteiger partial charge on any atom is 0.337 e. The quantitative estimate of drug-likeness (QED) is 0.522. The van der Waals surface area contributed by atoms with Crippen molar-refractivity contribution in [1.82, 2.24) is 0 Å². The fraction of sp³-hybridized carbons (Fsp3) is 0.118. The van der Waals surface area contributed by atoms with Crippen molar-refractivity contribution in [3.63, 3.8) is 0 Å². The fourth-order valence-electron chi connectivity index (χ4n) is 1.72. The molecule has 4 nitrogen and oxygen atoms in total. The van der Waals surface area contributed by atoms with Crippen LogP contribution in [0.3, 0.4) is 0 Å². The summed E-state index contributed by atoms with van der Waals surface area (Å²) in [6.45, 7) is 0. The highest BCUT2D eigenvalue weighted by molar-refractivity contribution is 5.90. The number of ether oxygens (including phenoxy) is 2. The van der Waals surface area contributed by atoms with Gasteiger partial charge in [-0.25, -0.2) is 4.79 Å². The van der Waals surface area contributed by atoms with Crippen molar-refractivity contribution in [2.24, 2.45) is 0 Å². The maximum absolute atomic E-state index is 11.5. The van der Waals surface area contributed by atoms with E-state index >= 15 is 0 Å². The Morgan fingerprint density at radius 2 is 1.76 bits per heavy atom. The van der Waals surface area contributed by atoms with Gasteiger partial charge in [-0.3, -0.25) is 0 Å². The number of rotatable bonds is 2. The highest BCUT2D eigenvalue weighted by Crippen LogP contribution is 2.15. The van der Waals surface area contributed by atoms with Gasteiger partial charge in [0.2, 0.25) is 0 Å². The van der Waals surface area contributed by atoms with Crippen molar-refractivity contribution in [1.29, 1.82) is 0 Å². The minimum atomic E-state index is -0.414. The third-order valence-electron chi connectivity index (χ3n) is 2.91. The summed E-state index contributed by atoms with van der Waals surface area (Å²) in [6, 6.07) is 12.2. The first-order valence-electron chi connectivity index (χ1n) is 6.28. The predicted molar refractivity (Wildman–Crippen MR) is 81.2 cm³/mol. The van der Waals surface area contributed by atoms with Gasteiger partial charge in [0.05, 0.1) is 19.8 Å². The molecule has 2 aromatic rings. The summed E-state index contributed by atoms with van der Waals surface area (Å²) in [6.07, 6.45) is 0. The molecule has 0 bridgehead atoms. The first-order valence-corrected chi connectivity index (χ1v) is 6.28. The van der Waals surface area contributed by atoms with E-state index < -0.39 is 5.97 Å². The molecule has 0 radical (unpaired) electrons. The van der Waals surface area contributed by atoms with Crippen molar-refractivity contribution < 1.29 is 14.3 Å². The van der Waals surface area contributed by atoms with Crippen molar-refractivity contribution in [2.75, 3.05) is 20.0 Å². The molecule has 4 heteroatoms. The number of esters is 1. The predicted octanol–water partition coefficient (Wildman–Crippen LogP) is 2.46. The summed E-state index contributed by atoms with van der Waals surface area (Å²) in [5.41, 5.74) is 8.23. The Hall–Kier alpha value is -2.93. The lowest BCUT2D eigenvalue weighted by Crippen LogP contribution is -2.02. The van der Waals surface area contributed by atoms with E-state index in [2.05, 4.69) is 16.6 Å². The van der Waals surface area contributed by atoms with Gasteiger partial charge in [-0.1, -0.05) is 11.8 Å². The van der Waals surface area contributed by atoms with Gasteiger partial charge in [0, 0.05) is 16.8 Å². The van der Waals surface area contributed by atoms with Crippen LogP contribution in [0.4, 0.5) is 5.69 Å². The van der Waals surface area contributed by atoms with Gasteiger partial charge >= 0.3 is 5.97 Å². The lowest BCUT2D eigenvalue weighted by molar-refractivity contribution is 0.0600. The highest BCUT2D eigenvalue weighted by Gasteiger charge is 2.06. The molecular weight excluding hydrogens is 266 g/mol. The van der Waals surface area contributed by atoms with Crippen LogP contribution in [0.5, 0.6) is 5.75 Å². The van der Waals surface area contributed by atoms with E-state index in [1.807, 2.05) is 24.3 Å². The second-order valence-corrected chi connectivity index (χ2v) is 4.27. The lowest BCUT2D eigenvalue weighted by Gasteiger charge is -2.02. The van der Waals surface area contributed by atoms with Gasteiger partial charge < -0.3 is 15.2 Å². The van der Waals surface area contributed by atoms with Gasteiger partial charge in [0.1, 0.15) is 5.75 Å². The number of methoxy groups -OCH3 is 2. The Balaban J connectivity index is 2.30. The Kier molecular flexibility index (Phi) is 4.47. The minimum absolute atomic E-state index is 0.414. The lowest BCUT2D eigenvalue weighted by atomic mass is 10.1. The molecule has 106 valence electrons. The highest BCUT2D eigenvalue weighted by atomic mass is 16.5. The van der Waals surface area contributed by atoms with E-state index in [0.29, 0.717) is 16.8 Å². The smallest absolute Gasteiger partial charge is 0.337 e. The van der Waals surface area contributed by atoms with Crippen molar-refractivity contribution in [2.45, 2.75) is 0 Å². The third kappa shape index (κ3) is 3.54. The molecule has 0 heterocycles. The Morgan fingerprint density at radius 3 is 2.38 bits per heavy atom. The standard InChI is InChI=1S/C17H15NO3/c1-20-15-8-4-12(5-9-15)3-6-13-11-14(17(19)21-2)7-10-16(13)18/h4-5,7-11H,18H2,1-2H3. The Bertz CT molecular complexity index is 709. The van der Waals surface area contributed by atoms with E-state index in [-0.39, 0.29) is 0 Å². The first kappa shape index (κ1) is 14.5. The van der Waals surface area contributed by atoms with E-state index in [0.717, 1.165) is 11.3 Å². The summed E-state index contributed by atoms with van der Waals surface area (Å²) in [4.78, 5) is 11.5. The largest absolute Gasteiger partial charge is 0.497 e.